The van der Waals surface area contributed by atoms with Crippen molar-refractivity contribution in [2.24, 2.45) is 22.9 Å². The van der Waals surface area contributed by atoms with Crippen molar-refractivity contribution < 1.29 is 9.63 Å². The summed E-state index contributed by atoms with van der Waals surface area (Å²) in [7, 11) is 0. The fraction of sp³-hybridized carbons (Fsp3) is 0.778. The Labute approximate surface area is 71.8 Å². The van der Waals surface area contributed by atoms with E-state index < -0.39 is 0 Å². The third-order valence-electron chi connectivity index (χ3n) is 3.22. The van der Waals surface area contributed by atoms with Crippen molar-refractivity contribution in [3.8, 4) is 0 Å². The van der Waals surface area contributed by atoms with Gasteiger partial charge in [-0.3, -0.25) is 4.79 Å². The Kier molecular flexibility index (Phi) is 1.50. The smallest absolute Gasteiger partial charge is 0.177 e. The molecule has 1 aliphatic carbocycles. The lowest BCUT2D eigenvalue weighted by atomic mass is 9.62. The number of hydrogen-bond donors (Lipinski definition) is 0. The van der Waals surface area contributed by atoms with E-state index >= 15 is 0 Å². The molecule has 4 unspecified atom stereocenters. The first-order valence-electron chi connectivity index (χ1n) is 4.37. The van der Waals surface area contributed by atoms with Crippen LogP contribution in [0.4, 0.5) is 0 Å². The van der Waals surface area contributed by atoms with E-state index in [1.165, 1.54) is 0 Å². The largest absolute Gasteiger partial charge is 0.391 e. The Morgan fingerprint density at radius 3 is 2.67 bits per heavy atom. The van der Waals surface area contributed by atoms with Crippen LogP contribution in [0.25, 0.3) is 0 Å². The maximum atomic E-state index is 11.1. The first-order chi connectivity index (χ1) is 5.63. The first-order valence-corrected chi connectivity index (χ1v) is 4.37. The molecule has 0 aromatic heterocycles. The second-order valence-electron chi connectivity index (χ2n) is 3.85. The zero-order chi connectivity index (χ0) is 8.88. The summed E-state index contributed by atoms with van der Waals surface area (Å²) in [5, 5.41) is 3.83. The lowest BCUT2D eigenvalue weighted by Gasteiger charge is -2.42. The van der Waals surface area contributed by atoms with Crippen molar-refractivity contribution in [3.63, 3.8) is 0 Å². The molecule has 0 aromatic rings. The molecule has 0 N–H and O–H groups in total. The predicted molar refractivity (Wildman–Crippen MR) is 44.8 cm³/mol. The number of Topliss-reactive ketones (excluding diaryl/α,β-unsaturated/α-hetero) is 1. The highest BCUT2D eigenvalue weighted by Crippen LogP contribution is 2.46. The minimum atomic E-state index is 0.0567. The second-order valence-corrected chi connectivity index (χ2v) is 3.85. The first kappa shape index (κ1) is 7.77. The van der Waals surface area contributed by atoms with Crippen LogP contribution in [0.1, 0.15) is 20.8 Å². The zero-order valence-electron chi connectivity index (χ0n) is 7.57. The van der Waals surface area contributed by atoms with Gasteiger partial charge in [-0.25, -0.2) is 0 Å². The number of carbonyl (C=O) groups is 1. The maximum Gasteiger partial charge on any atom is 0.177 e. The molecule has 66 valence electrons. The van der Waals surface area contributed by atoms with Gasteiger partial charge in [0.05, 0.1) is 5.92 Å². The van der Waals surface area contributed by atoms with E-state index in [1.807, 2.05) is 0 Å². The molecule has 0 aromatic carbocycles. The van der Waals surface area contributed by atoms with E-state index in [0.717, 1.165) is 0 Å². The summed E-state index contributed by atoms with van der Waals surface area (Å²) in [6.45, 7) is 5.85. The quantitative estimate of drug-likeness (QED) is 0.589. The van der Waals surface area contributed by atoms with Crippen molar-refractivity contribution in [1.82, 2.24) is 0 Å². The van der Waals surface area contributed by atoms with Gasteiger partial charge in [0.1, 0.15) is 11.8 Å². The van der Waals surface area contributed by atoms with Gasteiger partial charge in [-0.2, -0.15) is 0 Å². The van der Waals surface area contributed by atoms with Crippen LogP contribution >= 0.6 is 0 Å². The van der Waals surface area contributed by atoms with E-state index in [4.69, 9.17) is 4.84 Å². The zero-order valence-corrected chi connectivity index (χ0v) is 7.57. The lowest BCUT2D eigenvalue weighted by Crippen LogP contribution is -2.50. The highest BCUT2D eigenvalue weighted by atomic mass is 16.6. The lowest BCUT2D eigenvalue weighted by molar-refractivity contribution is -0.112. The molecular weight excluding hydrogens is 154 g/mol. The molecule has 3 nitrogen and oxygen atoms in total. The Morgan fingerprint density at radius 1 is 1.42 bits per heavy atom. The van der Waals surface area contributed by atoms with Crippen LogP contribution in [0, 0.1) is 17.8 Å². The molecule has 1 saturated carbocycles. The molecule has 1 fully saturated rings. The minimum Gasteiger partial charge on any atom is -0.391 e. The number of ketones is 1. The van der Waals surface area contributed by atoms with E-state index in [0.29, 0.717) is 17.5 Å². The van der Waals surface area contributed by atoms with Gasteiger partial charge in [0, 0.05) is 6.92 Å². The average Bonchev–Trinajstić information content (AvgIpc) is 2.43. The summed E-state index contributed by atoms with van der Waals surface area (Å²) in [5.41, 5.74) is 0.644. The summed E-state index contributed by atoms with van der Waals surface area (Å²) in [5.74, 6) is 1.41. The summed E-state index contributed by atoms with van der Waals surface area (Å²) in [6.07, 6.45) is 0.180. The number of fused-ring (bicyclic) bond motifs is 1. The van der Waals surface area contributed by atoms with Gasteiger partial charge in [0.15, 0.2) is 5.78 Å². The summed E-state index contributed by atoms with van der Waals surface area (Å²) >= 11 is 0. The van der Waals surface area contributed by atoms with Gasteiger partial charge in [-0.05, 0) is 11.8 Å². The van der Waals surface area contributed by atoms with Crippen LogP contribution in [0.5, 0.6) is 0 Å². The Balaban J connectivity index is 2.18. The molecule has 2 aliphatic rings. The van der Waals surface area contributed by atoms with Crippen molar-refractivity contribution >= 4 is 11.5 Å². The number of rotatable bonds is 1. The molecule has 1 aliphatic heterocycles. The van der Waals surface area contributed by atoms with Gasteiger partial charge in [-0.1, -0.05) is 19.0 Å². The third-order valence-corrected chi connectivity index (χ3v) is 3.22. The molecule has 0 spiro atoms. The van der Waals surface area contributed by atoms with Gasteiger partial charge in [0.25, 0.3) is 0 Å². The average molecular weight is 167 g/mol. The molecule has 0 radical (unpaired) electrons. The Hall–Kier alpha value is -0.860. The predicted octanol–water partition coefficient (Wildman–Crippen LogP) is 1.23. The van der Waals surface area contributed by atoms with Crippen LogP contribution in [0.3, 0.4) is 0 Å². The van der Waals surface area contributed by atoms with Crippen molar-refractivity contribution in [2.45, 2.75) is 26.9 Å². The molecule has 12 heavy (non-hydrogen) atoms. The highest BCUT2D eigenvalue weighted by Gasteiger charge is 2.54. The van der Waals surface area contributed by atoms with Crippen LogP contribution in [0.15, 0.2) is 5.16 Å². The monoisotopic (exact) mass is 167 g/mol. The van der Waals surface area contributed by atoms with Crippen LogP contribution in [-0.2, 0) is 9.63 Å². The number of carbonyl (C=O) groups excluding carboxylic acids is 1. The van der Waals surface area contributed by atoms with Gasteiger partial charge in [0.2, 0.25) is 0 Å². The molecule has 2 rings (SSSR count). The van der Waals surface area contributed by atoms with E-state index in [1.54, 1.807) is 6.92 Å². The summed E-state index contributed by atoms with van der Waals surface area (Å²) < 4.78 is 0. The Morgan fingerprint density at radius 2 is 2.08 bits per heavy atom. The van der Waals surface area contributed by atoms with E-state index in [-0.39, 0.29) is 17.8 Å². The third kappa shape index (κ3) is 0.765. The number of oxime groups is 1. The van der Waals surface area contributed by atoms with Crippen LogP contribution < -0.4 is 0 Å². The summed E-state index contributed by atoms with van der Waals surface area (Å²) in [6, 6.07) is 0. The molecule has 1 heterocycles. The minimum absolute atomic E-state index is 0.0567. The van der Waals surface area contributed by atoms with E-state index in [9.17, 15) is 4.79 Å². The Bertz CT molecular complexity index is 259. The summed E-state index contributed by atoms with van der Waals surface area (Å²) in [4.78, 5) is 16.3. The van der Waals surface area contributed by atoms with Crippen molar-refractivity contribution in [1.29, 1.82) is 0 Å². The standard InChI is InChI=1S/C9H13NO2/c1-4-5(2)9-7(4)8(6(3)11)10-12-9/h4-5,7,9H,1-3H3. The highest BCUT2D eigenvalue weighted by molar-refractivity contribution is 6.40. The topological polar surface area (TPSA) is 38.7 Å². The number of nitrogens with zero attached hydrogens (tertiary/aromatic N) is 1. The number of hydrogen-bond acceptors (Lipinski definition) is 3. The fourth-order valence-electron chi connectivity index (χ4n) is 2.15. The van der Waals surface area contributed by atoms with Crippen molar-refractivity contribution in [2.75, 3.05) is 0 Å². The molecule has 3 heteroatoms. The maximum absolute atomic E-state index is 11.1. The molecule has 0 amide bonds. The van der Waals surface area contributed by atoms with Crippen LogP contribution in [0.2, 0.25) is 0 Å². The normalized spacial score (nSPS) is 44.1. The van der Waals surface area contributed by atoms with Crippen molar-refractivity contribution in [3.05, 3.63) is 0 Å². The molecular formula is C9H13NO2. The van der Waals surface area contributed by atoms with Gasteiger partial charge in [-0.15, -0.1) is 0 Å². The SMILES string of the molecule is CC(=O)C1=NOC2C(C)C(C)C12. The van der Waals surface area contributed by atoms with Gasteiger partial charge >= 0.3 is 0 Å². The van der Waals surface area contributed by atoms with Gasteiger partial charge < -0.3 is 4.84 Å². The molecule has 4 atom stereocenters. The molecule has 0 bridgehead atoms. The fourth-order valence-corrected chi connectivity index (χ4v) is 2.15. The van der Waals surface area contributed by atoms with Crippen LogP contribution in [-0.4, -0.2) is 17.6 Å². The van der Waals surface area contributed by atoms with E-state index in [2.05, 4.69) is 19.0 Å². The second kappa shape index (κ2) is 2.31. The molecule has 0 saturated heterocycles.